The molecule has 3 atom stereocenters. The first-order valence-electron chi connectivity index (χ1n) is 6.03. The number of alkyl halides is 1. The van der Waals surface area contributed by atoms with Crippen LogP contribution in [0.1, 0.15) is 39.0 Å². The summed E-state index contributed by atoms with van der Waals surface area (Å²) in [4.78, 5) is 0.495. The molecule has 0 amide bonds. The summed E-state index contributed by atoms with van der Waals surface area (Å²) in [5.41, 5.74) is 0. The van der Waals surface area contributed by atoms with E-state index < -0.39 is 0 Å². The summed E-state index contributed by atoms with van der Waals surface area (Å²) in [6, 6.07) is 0. The molecule has 0 aliphatic heterocycles. The molecule has 3 unspecified atom stereocenters. The summed E-state index contributed by atoms with van der Waals surface area (Å²) in [7, 11) is 1.78. The van der Waals surface area contributed by atoms with E-state index in [1.54, 1.807) is 7.11 Å². The molecule has 0 aromatic rings. The van der Waals surface area contributed by atoms with Crippen LogP contribution < -0.4 is 0 Å². The summed E-state index contributed by atoms with van der Waals surface area (Å²) in [6.45, 7) is 2.34. The molecule has 88 valence electrons. The highest BCUT2D eigenvalue weighted by Crippen LogP contribution is 2.36. The Labute approximate surface area is 101 Å². The lowest BCUT2D eigenvalue weighted by Crippen LogP contribution is -2.51. The van der Waals surface area contributed by atoms with Gasteiger partial charge in [-0.05, 0) is 38.0 Å². The second-order valence-electron chi connectivity index (χ2n) is 5.01. The van der Waals surface area contributed by atoms with Gasteiger partial charge in [0.15, 0.2) is 0 Å². The molecule has 0 spiro atoms. The molecule has 2 rings (SSSR count). The van der Waals surface area contributed by atoms with Crippen LogP contribution in [0.4, 0.5) is 0 Å². The molecule has 2 aliphatic rings. The van der Waals surface area contributed by atoms with Crippen LogP contribution in [-0.2, 0) is 9.47 Å². The van der Waals surface area contributed by atoms with Gasteiger partial charge in [0, 0.05) is 11.9 Å². The lowest BCUT2D eigenvalue weighted by atomic mass is 9.87. The van der Waals surface area contributed by atoms with Gasteiger partial charge in [-0.15, -0.1) is 0 Å². The molecule has 2 fully saturated rings. The first-order valence-corrected chi connectivity index (χ1v) is 6.94. The third-order valence-corrected chi connectivity index (χ3v) is 4.68. The number of methoxy groups -OCH3 is 1. The average Bonchev–Trinajstić information content (AvgIpc) is 2.21. The Morgan fingerprint density at radius 3 is 2.33 bits per heavy atom. The van der Waals surface area contributed by atoms with Crippen molar-refractivity contribution in [3.8, 4) is 0 Å². The minimum Gasteiger partial charge on any atom is -0.378 e. The van der Waals surface area contributed by atoms with Gasteiger partial charge in [0.1, 0.15) is 0 Å². The van der Waals surface area contributed by atoms with Crippen LogP contribution in [0, 0.1) is 5.92 Å². The predicted octanol–water partition coefficient (Wildman–Crippen LogP) is 3.13. The minimum atomic E-state index is 0.268. The Hall–Kier alpha value is 0.400. The second-order valence-corrected chi connectivity index (χ2v) is 6.18. The number of halogens is 1. The zero-order chi connectivity index (χ0) is 10.8. The van der Waals surface area contributed by atoms with E-state index in [0.29, 0.717) is 17.0 Å². The van der Waals surface area contributed by atoms with Crippen molar-refractivity contribution in [2.45, 2.75) is 62.2 Å². The van der Waals surface area contributed by atoms with E-state index in [2.05, 4.69) is 22.9 Å². The summed E-state index contributed by atoms with van der Waals surface area (Å²) in [5.74, 6) is 0.897. The molecule has 0 aromatic carbocycles. The Morgan fingerprint density at radius 1 is 1.13 bits per heavy atom. The molecule has 0 aromatic heterocycles. The molecular weight excluding hydrogens is 256 g/mol. The van der Waals surface area contributed by atoms with E-state index in [1.165, 1.54) is 25.7 Å². The van der Waals surface area contributed by atoms with Crippen LogP contribution in [0.2, 0.25) is 0 Å². The fourth-order valence-corrected chi connectivity index (χ4v) is 3.50. The molecule has 0 saturated heterocycles. The third-order valence-electron chi connectivity index (χ3n) is 3.78. The first kappa shape index (κ1) is 11.9. The second kappa shape index (κ2) is 5.15. The quantitative estimate of drug-likeness (QED) is 0.738. The molecule has 2 aliphatic carbocycles. The maximum Gasteiger partial charge on any atom is 0.0958 e. The molecule has 2 nitrogen and oxygen atoms in total. The molecular formula is C12H21BrO2. The first-order chi connectivity index (χ1) is 7.20. The Morgan fingerprint density at radius 2 is 1.80 bits per heavy atom. The van der Waals surface area contributed by atoms with Crippen molar-refractivity contribution in [3.05, 3.63) is 0 Å². The van der Waals surface area contributed by atoms with Gasteiger partial charge in [-0.1, -0.05) is 22.9 Å². The van der Waals surface area contributed by atoms with Gasteiger partial charge in [0.05, 0.1) is 18.3 Å². The molecule has 2 saturated carbocycles. The normalized spacial score (nSPS) is 46.2. The fraction of sp³-hybridized carbons (Fsp3) is 1.00. The molecule has 0 bridgehead atoms. The number of hydrogen-bond acceptors (Lipinski definition) is 2. The largest absolute Gasteiger partial charge is 0.378 e. The lowest BCUT2D eigenvalue weighted by Gasteiger charge is -2.42. The van der Waals surface area contributed by atoms with Crippen LogP contribution >= 0.6 is 15.9 Å². The average molecular weight is 277 g/mol. The Bertz CT molecular complexity index is 202. The van der Waals surface area contributed by atoms with Crippen LogP contribution in [-0.4, -0.2) is 30.2 Å². The number of ether oxygens (including phenoxy) is 2. The molecule has 0 heterocycles. The van der Waals surface area contributed by atoms with Crippen molar-refractivity contribution in [2.24, 2.45) is 5.92 Å². The summed E-state index contributed by atoms with van der Waals surface area (Å²) >= 11 is 3.60. The highest BCUT2D eigenvalue weighted by atomic mass is 79.9. The van der Waals surface area contributed by atoms with Crippen LogP contribution in [0.15, 0.2) is 0 Å². The van der Waals surface area contributed by atoms with Crippen LogP contribution in [0.5, 0.6) is 0 Å². The van der Waals surface area contributed by atoms with Gasteiger partial charge in [-0.2, -0.15) is 0 Å². The number of hydrogen-bond donors (Lipinski definition) is 0. The smallest absolute Gasteiger partial charge is 0.0958 e. The Kier molecular flexibility index (Phi) is 4.08. The highest BCUT2D eigenvalue weighted by molar-refractivity contribution is 9.09. The topological polar surface area (TPSA) is 18.5 Å². The van der Waals surface area contributed by atoms with Gasteiger partial charge in [0.2, 0.25) is 0 Å². The Balaban J connectivity index is 1.73. The molecule has 0 radical (unpaired) electrons. The van der Waals surface area contributed by atoms with Gasteiger partial charge < -0.3 is 9.47 Å². The van der Waals surface area contributed by atoms with Crippen LogP contribution in [0.25, 0.3) is 0 Å². The SMILES string of the molecule is COC1C(Br)CC1OC1CCC(C)CC1. The van der Waals surface area contributed by atoms with Crippen molar-refractivity contribution >= 4 is 15.9 Å². The highest BCUT2D eigenvalue weighted by Gasteiger charge is 2.42. The maximum absolute atomic E-state index is 6.09. The van der Waals surface area contributed by atoms with E-state index in [9.17, 15) is 0 Å². The lowest BCUT2D eigenvalue weighted by molar-refractivity contribution is -0.142. The molecule has 15 heavy (non-hydrogen) atoms. The maximum atomic E-state index is 6.09. The fourth-order valence-electron chi connectivity index (χ4n) is 2.57. The van der Waals surface area contributed by atoms with E-state index in [-0.39, 0.29) is 6.10 Å². The molecule has 3 heteroatoms. The van der Waals surface area contributed by atoms with Crippen molar-refractivity contribution in [1.29, 1.82) is 0 Å². The van der Waals surface area contributed by atoms with Crippen LogP contribution in [0.3, 0.4) is 0 Å². The zero-order valence-corrected chi connectivity index (χ0v) is 11.2. The standard InChI is InChI=1S/C12H21BrO2/c1-8-3-5-9(6-4-8)15-11-7-10(13)12(11)14-2/h8-12H,3-7H2,1-2H3. The minimum absolute atomic E-state index is 0.268. The summed E-state index contributed by atoms with van der Waals surface area (Å²) < 4.78 is 11.5. The summed E-state index contributed by atoms with van der Waals surface area (Å²) in [5, 5.41) is 0. The van der Waals surface area contributed by atoms with Crippen molar-refractivity contribution < 1.29 is 9.47 Å². The van der Waals surface area contributed by atoms with E-state index in [0.717, 1.165) is 12.3 Å². The van der Waals surface area contributed by atoms with Crippen molar-refractivity contribution in [3.63, 3.8) is 0 Å². The van der Waals surface area contributed by atoms with E-state index in [4.69, 9.17) is 9.47 Å². The summed E-state index contributed by atoms with van der Waals surface area (Å²) in [6.07, 6.45) is 7.32. The monoisotopic (exact) mass is 276 g/mol. The van der Waals surface area contributed by atoms with Gasteiger partial charge in [0.25, 0.3) is 0 Å². The number of rotatable bonds is 3. The predicted molar refractivity (Wildman–Crippen MR) is 64.4 cm³/mol. The molecule has 0 N–H and O–H groups in total. The zero-order valence-electron chi connectivity index (χ0n) is 9.62. The van der Waals surface area contributed by atoms with Crippen molar-refractivity contribution in [2.75, 3.05) is 7.11 Å². The van der Waals surface area contributed by atoms with E-state index >= 15 is 0 Å². The van der Waals surface area contributed by atoms with Crippen molar-refractivity contribution in [1.82, 2.24) is 0 Å². The van der Waals surface area contributed by atoms with Gasteiger partial charge in [-0.25, -0.2) is 0 Å². The van der Waals surface area contributed by atoms with Gasteiger partial charge in [-0.3, -0.25) is 0 Å². The van der Waals surface area contributed by atoms with E-state index in [1.807, 2.05) is 0 Å². The van der Waals surface area contributed by atoms with Gasteiger partial charge >= 0.3 is 0 Å². The third kappa shape index (κ3) is 2.75.